The molecular formula is C26H38N4O7. The quantitative estimate of drug-likeness (QED) is 0.241. The number of aryl methyl sites for hydroxylation is 1. The van der Waals surface area contributed by atoms with Gasteiger partial charge in [0.2, 0.25) is 11.8 Å². The lowest BCUT2D eigenvalue weighted by molar-refractivity contribution is -0.133. The zero-order chi connectivity index (χ0) is 27.5. The number of nitrogens with zero attached hydrogens (tertiary/aromatic N) is 1. The topological polar surface area (TPSA) is 162 Å². The first-order chi connectivity index (χ1) is 17.6. The van der Waals surface area contributed by atoms with Crippen LogP contribution >= 0.6 is 0 Å². The number of ether oxygens (including phenoxy) is 3. The van der Waals surface area contributed by atoms with E-state index in [-0.39, 0.29) is 42.3 Å². The molecule has 1 aromatic rings. The highest BCUT2D eigenvalue weighted by molar-refractivity contribution is 5.96. The molecule has 0 spiro atoms. The highest BCUT2D eigenvalue weighted by atomic mass is 16.5. The first-order valence-corrected chi connectivity index (χ1v) is 12.3. The average Bonchev–Trinajstić information content (AvgIpc) is 2.86. The molecule has 2 amide bonds. The van der Waals surface area contributed by atoms with E-state index >= 15 is 0 Å². The largest absolute Gasteiger partial charge is 0.493 e. The van der Waals surface area contributed by atoms with Crippen LogP contribution in [0.25, 0.3) is 0 Å². The summed E-state index contributed by atoms with van der Waals surface area (Å²) in [5, 5.41) is 15.0. The number of carbonyl (C=O) groups excluding carboxylic acids is 2. The van der Waals surface area contributed by atoms with E-state index in [0.717, 1.165) is 18.4 Å². The SMILES string of the molecule is CCC(CC)O[C@@H]1C=C(C(=O)O)C[C@H](N=C(N)NC(=O)CCc2ccc(OC)c(OC)c2)[C@H]1NC(C)=O. The Bertz CT molecular complexity index is 1020. The van der Waals surface area contributed by atoms with E-state index in [1.807, 2.05) is 19.9 Å². The van der Waals surface area contributed by atoms with Gasteiger partial charge in [-0.3, -0.25) is 14.9 Å². The fraction of sp³-hybridized carbons (Fsp3) is 0.538. The van der Waals surface area contributed by atoms with Crippen LogP contribution in [0, 0.1) is 0 Å². The van der Waals surface area contributed by atoms with Crippen molar-refractivity contribution in [2.24, 2.45) is 10.7 Å². The van der Waals surface area contributed by atoms with Gasteiger partial charge in [0.05, 0.1) is 38.5 Å². The van der Waals surface area contributed by atoms with Gasteiger partial charge in [-0.25, -0.2) is 9.79 Å². The maximum atomic E-state index is 12.5. The number of amides is 2. The average molecular weight is 519 g/mol. The van der Waals surface area contributed by atoms with Crippen LogP contribution in [0.5, 0.6) is 11.5 Å². The van der Waals surface area contributed by atoms with Crippen molar-refractivity contribution >= 4 is 23.7 Å². The molecule has 0 fully saturated rings. The van der Waals surface area contributed by atoms with Crippen LogP contribution in [0.1, 0.15) is 52.0 Å². The monoisotopic (exact) mass is 518 g/mol. The number of hydrogen-bond acceptors (Lipinski definition) is 7. The summed E-state index contributed by atoms with van der Waals surface area (Å²) in [6.07, 6.45) is 2.71. The van der Waals surface area contributed by atoms with E-state index < -0.39 is 24.2 Å². The zero-order valence-corrected chi connectivity index (χ0v) is 22.1. The molecule has 0 radical (unpaired) electrons. The predicted octanol–water partition coefficient (Wildman–Crippen LogP) is 1.93. The van der Waals surface area contributed by atoms with Gasteiger partial charge in [0, 0.05) is 25.3 Å². The number of guanidine groups is 1. The summed E-state index contributed by atoms with van der Waals surface area (Å²) in [6.45, 7) is 5.31. The van der Waals surface area contributed by atoms with Crippen molar-refractivity contribution in [3.8, 4) is 11.5 Å². The molecule has 0 aromatic heterocycles. The Morgan fingerprint density at radius 3 is 2.41 bits per heavy atom. The molecule has 0 saturated carbocycles. The molecule has 1 aliphatic rings. The summed E-state index contributed by atoms with van der Waals surface area (Å²) < 4.78 is 16.6. The number of methoxy groups -OCH3 is 2. The van der Waals surface area contributed by atoms with Crippen LogP contribution in [0.3, 0.4) is 0 Å². The molecule has 0 aliphatic heterocycles. The van der Waals surface area contributed by atoms with Crippen LogP contribution in [-0.4, -0.2) is 67.4 Å². The molecule has 0 bridgehead atoms. The van der Waals surface area contributed by atoms with E-state index in [1.165, 1.54) is 20.1 Å². The second-order valence-electron chi connectivity index (χ2n) is 8.79. The standard InChI is InChI=1S/C26H38N4O7/c1-6-18(7-2)37-22-14-17(25(33)34)13-19(24(22)28-15(3)31)29-26(27)30-23(32)11-9-16-8-10-20(35-4)21(12-16)36-5/h8,10,12,14,18-19,22,24H,6-7,9,11,13H2,1-5H3,(H,28,31)(H,33,34)(H3,27,29,30,32)/t19-,22+,24+/m0/s1. The zero-order valence-electron chi connectivity index (χ0n) is 22.1. The first kappa shape index (κ1) is 29.6. The van der Waals surface area contributed by atoms with Gasteiger partial charge >= 0.3 is 5.97 Å². The second-order valence-corrected chi connectivity index (χ2v) is 8.79. The molecule has 0 saturated heterocycles. The second kappa shape index (κ2) is 14.2. The van der Waals surface area contributed by atoms with E-state index in [9.17, 15) is 19.5 Å². The molecule has 1 aromatic carbocycles. The number of aliphatic carboxylic acids is 1. The number of nitrogens with two attached hydrogens (primary N) is 1. The minimum Gasteiger partial charge on any atom is -0.493 e. The lowest BCUT2D eigenvalue weighted by Crippen LogP contribution is -2.54. The van der Waals surface area contributed by atoms with Gasteiger partial charge in [-0.05, 0) is 43.0 Å². The van der Waals surface area contributed by atoms with E-state index in [1.54, 1.807) is 19.2 Å². The van der Waals surface area contributed by atoms with E-state index in [0.29, 0.717) is 17.9 Å². The molecule has 11 heteroatoms. The van der Waals surface area contributed by atoms with Crippen molar-refractivity contribution in [1.29, 1.82) is 0 Å². The third-order valence-electron chi connectivity index (χ3n) is 6.13. The van der Waals surface area contributed by atoms with Crippen LogP contribution < -0.4 is 25.8 Å². The molecule has 5 N–H and O–H groups in total. The summed E-state index contributed by atoms with van der Waals surface area (Å²) in [7, 11) is 3.08. The smallest absolute Gasteiger partial charge is 0.331 e. The van der Waals surface area contributed by atoms with Crippen LogP contribution in [0.4, 0.5) is 0 Å². The van der Waals surface area contributed by atoms with Crippen molar-refractivity contribution in [3.05, 3.63) is 35.4 Å². The molecule has 0 heterocycles. The van der Waals surface area contributed by atoms with Crippen LogP contribution in [0.15, 0.2) is 34.8 Å². The normalized spacial score (nSPS) is 19.7. The van der Waals surface area contributed by atoms with Crippen molar-refractivity contribution in [2.75, 3.05) is 14.2 Å². The van der Waals surface area contributed by atoms with Gasteiger partial charge in [0.25, 0.3) is 0 Å². The van der Waals surface area contributed by atoms with Gasteiger partial charge in [0.1, 0.15) is 0 Å². The Morgan fingerprint density at radius 2 is 1.84 bits per heavy atom. The minimum atomic E-state index is -1.10. The predicted molar refractivity (Wildman–Crippen MR) is 139 cm³/mol. The third-order valence-corrected chi connectivity index (χ3v) is 6.13. The minimum absolute atomic E-state index is 0.0191. The molecular weight excluding hydrogens is 480 g/mol. The Labute approximate surface area is 217 Å². The fourth-order valence-electron chi connectivity index (χ4n) is 4.18. The Morgan fingerprint density at radius 1 is 1.16 bits per heavy atom. The Hall–Kier alpha value is -3.60. The van der Waals surface area contributed by atoms with Gasteiger partial charge in [-0.2, -0.15) is 0 Å². The number of carbonyl (C=O) groups is 3. The molecule has 1 aliphatic carbocycles. The van der Waals surface area contributed by atoms with Gasteiger partial charge in [-0.15, -0.1) is 0 Å². The van der Waals surface area contributed by atoms with Crippen molar-refractivity contribution in [1.82, 2.24) is 10.6 Å². The number of carboxylic acids is 1. The molecule has 3 atom stereocenters. The number of aliphatic imine (C=N–C) groups is 1. The summed E-state index contributed by atoms with van der Waals surface area (Å²) in [4.78, 5) is 40.7. The van der Waals surface area contributed by atoms with Gasteiger partial charge in [0.15, 0.2) is 17.5 Å². The molecule has 0 unspecified atom stereocenters. The Balaban J connectivity index is 2.16. The number of rotatable bonds is 12. The van der Waals surface area contributed by atoms with Gasteiger partial charge < -0.3 is 30.4 Å². The van der Waals surface area contributed by atoms with Crippen molar-refractivity contribution in [3.63, 3.8) is 0 Å². The van der Waals surface area contributed by atoms with Crippen molar-refractivity contribution < 1.29 is 33.7 Å². The fourth-order valence-corrected chi connectivity index (χ4v) is 4.18. The van der Waals surface area contributed by atoms with Crippen LogP contribution in [0.2, 0.25) is 0 Å². The van der Waals surface area contributed by atoms with Crippen LogP contribution in [-0.2, 0) is 25.5 Å². The maximum absolute atomic E-state index is 12.5. The Kier molecular flexibility index (Phi) is 11.4. The maximum Gasteiger partial charge on any atom is 0.331 e. The summed E-state index contributed by atoms with van der Waals surface area (Å²) in [5.74, 6) is -0.776. The summed E-state index contributed by atoms with van der Waals surface area (Å²) in [5.41, 5.74) is 7.02. The lowest BCUT2D eigenvalue weighted by Gasteiger charge is -2.36. The molecule has 2 rings (SSSR count). The van der Waals surface area contributed by atoms with E-state index in [4.69, 9.17) is 19.9 Å². The first-order valence-electron chi connectivity index (χ1n) is 12.3. The third kappa shape index (κ3) is 8.78. The van der Waals surface area contributed by atoms with Crippen molar-refractivity contribution in [2.45, 2.75) is 77.2 Å². The summed E-state index contributed by atoms with van der Waals surface area (Å²) >= 11 is 0. The highest BCUT2D eigenvalue weighted by Crippen LogP contribution is 2.28. The number of carboxylic acid groups (broad SMARTS) is 1. The number of nitrogens with one attached hydrogen (secondary N) is 2. The number of benzene rings is 1. The molecule has 204 valence electrons. The van der Waals surface area contributed by atoms with E-state index in [2.05, 4.69) is 15.6 Å². The number of hydrogen-bond donors (Lipinski definition) is 4. The highest BCUT2D eigenvalue weighted by Gasteiger charge is 2.37. The molecule has 37 heavy (non-hydrogen) atoms. The molecule has 11 nitrogen and oxygen atoms in total. The van der Waals surface area contributed by atoms with Gasteiger partial charge in [-0.1, -0.05) is 19.9 Å². The lowest BCUT2D eigenvalue weighted by atomic mass is 9.88. The summed E-state index contributed by atoms with van der Waals surface area (Å²) in [6, 6.07) is 4.00.